The van der Waals surface area contributed by atoms with E-state index in [0.29, 0.717) is 19.7 Å². The lowest BCUT2D eigenvalue weighted by Crippen LogP contribution is -2.47. The molecular weight excluding hydrogens is 298 g/mol. The maximum absolute atomic E-state index is 12.1. The van der Waals surface area contributed by atoms with E-state index in [0.717, 1.165) is 5.57 Å². The number of esters is 1. The molecule has 132 valence electrons. The van der Waals surface area contributed by atoms with Crippen LogP contribution in [-0.2, 0) is 19.0 Å². The van der Waals surface area contributed by atoms with Gasteiger partial charge in [0.05, 0.1) is 19.3 Å². The predicted octanol–water partition coefficient (Wildman–Crippen LogP) is 2.91. The molecule has 0 aliphatic carbocycles. The van der Waals surface area contributed by atoms with E-state index in [-0.39, 0.29) is 12.2 Å². The number of nitrogens with zero attached hydrogens (tertiary/aromatic N) is 1. The van der Waals surface area contributed by atoms with Gasteiger partial charge in [-0.05, 0) is 54.0 Å². The molecule has 1 fully saturated rings. The normalized spacial score (nSPS) is 20.2. The average Bonchev–Trinajstić information content (AvgIpc) is 2.34. The Morgan fingerprint density at radius 2 is 1.65 bits per heavy atom. The third-order valence-corrected chi connectivity index (χ3v) is 2.98. The van der Waals surface area contributed by atoms with Gasteiger partial charge >= 0.3 is 12.1 Å². The summed E-state index contributed by atoms with van der Waals surface area (Å²) in [5.41, 5.74) is -0.344. The summed E-state index contributed by atoms with van der Waals surface area (Å²) in [6, 6.07) is 0. The largest absolute Gasteiger partial charge is 0.457 e. The third kappa shape index (κ3) is 7.50. The van der Waals surface area contributed by atoms with Gasteiger partial charge in [-0.1, -0.05) is 0 Å². The summed E-state index contributed by atoms with van der Waals surface area (Å²) in [5, 5.41) is 0. The first kappa shape index (κ1) is 19.5. The van der Waals surface area contributed by atoms with Crippen molar-refractivity contribution in [2.24, 2.45) is 0 Å². The van der Waals surface area contributed by atoms with Gasteiger partial charge in [-0.25, -0.2) is 9.59 Å². The maximum atomic E-state index is 12.1. The molecule has 23 heavy (non-hydrogen) atoms. The molecule has 1 amide bonds. The first-order chi connectivity index (χ1) is 10.4. The molecule has 0 aromatic heterocycles. The van der Waals surface area contributed by atoms with E-state index in [9.17, 15) is 9.59 Å². The highest BCUT2D eigenvalue weighted by molar-refractivity contribution is 5.83. The smallest absolute Gasteiger partial charge is 0.410 e. The van der Waals surface area contributed by atoms with Crippen LogP contribution in [0.25, 0.3) is 0 Å². The predicted molar refractivity (Wildman–Crippen MR) is 87.1 cm³/mol. The Kier molecular flexibility index (Phi) is 6.22. The number of morpholine rings is 1. The summed E-state index contributed by atoms with van der Waals surface area (Å²) in [6.07, 6.45) is 0.730. The van der Waals surface area contributed by atoms with Crippen molar-refractivity contribution >= 4 is 12.1 Å². The minimum Gasteiger partial charge on any atom is -0.457 e. The fraction of sp³-hybridized carbons (Fsp3) is 0.765. The van der Waals surface area contributed by atoms with Crippen LogP contribution < -0.4 is 0 Å². The van der Waals surface area contributed by atoms with Crippen molar-refractivity contribution in [2.75, 3.05) is 19.7 Å². The molecular formula is C17H29NO5. The molecule has 1 aliphatic heterocycles. The number of hydrogen-bond donors (Lipinski definition) is 0. The molecule has 0 bridgehead atoms. The van der Waals surface area contributed by atoms with Gasteiger partial charge in [0.1, 0.15) is 11.2 Å². The zero-order valence-electron chi connectivity index (χ0n) is 15.3. The minimum absolute atomic E-state index is 0.330. The van der Waals surface area contributed by atoms with Crippen molar-refractivity contribution in [3.63, 3.8) is 0 Å². The molecule has 0 radical (unpaired) electrons. The van der Waals surface area contributed by atoms with Gasteiger partial charge in [0.25, 0.3) is 0 Å². The molecule has 0 unspecified atom stereocenters. The van der Waals surface area contributed by atoms with Crippen molar-refractivity contribution in [3.8, 4) is 0 Å². The van der Waals surface area contributed by atoms with E-state index in [2.05, 4.69) is 0 Å². The Balaban J connectivity index is 2.67. The molecule has 0 N–H and O–H groups in total. The van der Waals surface area contributed by atoms with E-state index in [1.165, 1.54) is 6.08 Å². The summed E-state index contributed by atoms with van der Waals surface area (Å²) in [5.74, 6) is -0.409. The van der Waals surface area contributed by atoms with E-state index in [1.54, 1.807) is 11.8 Å². The second kappa shape index (κ2) is 7.34. The van der Waals surface area contributed by atoms with Gasteiger partial charge in [0.2, 0.25) is 0 Å². The van der Waals surface area contributed by atoms with Gasteiger partial charge < -0.3 is 19.1 Å². The number of ether oxygens (including phenoxy) is 3. The fourth-order valence-corrected chi connectivity index (χ4v) is 2.03. The maximum Gasteiger partial charge on any atom is 0.410 e. The van der Waals surface area contributed by atoms with Crippen LogP contribution in [0.4, 0.5) is 4.79 Å². The SMILES string of the molecule is C/C(=C\C(=O)OC(C)(C)C)[C@@H]1CN(C(=O)OC(C)(C)C)CCO1. The topological polar surface area (TPSA) is 65.1 Å². The first-order valence-electron chi connectivity index (χ1n) is 7.88. The number of carbonyl (C=O) groups excluding carboxylic acids is 2. The van der Waals surface area contributed by atoms with Gasteiger partial charge in [-0.15, -0.1) is 0 Å². The molecule has 6 nitrogen and oxygen atoms in total. The highest BCUT2D eigenvalue weighted by atomic mass is 16.6. The summed E-state index contributed by atoms with van der Waals surface area (Å²) < 4.78 is 16.3. The molecule has 0 saturated carbocycles. The molecule has 0 aromatic carbocycles. The van der Waals surface area contributed by atoms with Crippen LogP contribution in [0.2, 0.25) is 0 Å². The summed E-state index contributed by atoms with van der Waals surface area (Å²) in [7, 11) is 0. The zero-order chi connectivity index (χ0) is 17.8. The molecule has 1 aliphatic rings. The number of carbonyl (C=O) groups is 2. The Labute approximate surface area is 138 Å². The second-order valence-corrected chi connectivity index (χ2v) is 7.71. The second-order valence-electron chi connectivity index (χ2n) is 7.71. The molecule has 0 aromatic rings. The van der Waals surface area contributed by atoms with Crippen LogP contribution in [0.1, 0.15) is 48.5 Å². The molecule has 6 heteroatoms. The standard InChI is InChI=1S/C17H29NO5/c1-12(10-14(19)22-16(2,3)4)13-11-18(8-9-21-13)15(20)23-17(5,6)7/h10,13H,8-9,11H2,1-7H3/b12-10+/t13-/m0/s1. The average molecular weight is 327 g/mol. The first-order valence-corrected chi connectivity index (χ1v) is 7.88. The van der Waals surface area contributed by atoms with Crippen LogP contribution in [0, 0.1) is 0 Å². The molecule has 0 spiro atoms. The van der Waals surface area contributed by atoms with E-state index >= 15 is 0 Å². The summed E-state index contributed by atoms with van der Waals surface area (Å²) >= 11 is 0. The summed E-state index contributed by atoms with van der Waals surface area (Å²) in [6.45, 7) is 14.0. The van der Waals surface area contributed by atoms with E-state index in [1.807, 2.05) is 41.5 Å². The lowest BCUT2D eigenvalue weighted by atomic mass is 10.1. The molecule has 1 atom stereocenters. The van der Waals surface area contributed by atoms with E-state index in [4.69, 9.17) is 14.2 Å². The number of hydrogen-bond acceptors (Lipinski definition) is 5. The van der Waals surface area contributed by atoms with Gasteiger partial charge in [0.15, 0.2) is 0 Å². The van der Waals surface area contributed by atoms with Crippen LogP contribution >= 0.6 is 0 Å². The van der Waals surface area contributed by atoms with Crippen molar-refractivity contribution in [1.82, 2.24) is 4.90 Å². The quantitative estimate of drug-likeness (QED) is 0.576. The van der Waals surface area contributed by atoms with Crippen LogP contribution in [0.15, 0.2) is 11.6 Å². The summed E-state index contributed by atoms with van der Waals surface area (Å²) in [4.78, 5) is 25.6. The lowest BCUT2D eigenvalue weighted by Gasteiger charge is -2.34. The highest BCUT2D eigenvalue weighted by Gasteiger charge is 2.29. The molecule has 1 rings (SSSR count). The highest BCUT2D eigenvalue weighted by Crippen LogP contribution is 2.17. The van der Waals surface area contributed by atoms with Gasteiger partial charge in [0, 0.05) is 12.6 Å². The van der Waals surface area contributed by atoms with Crippen molar-refractivity contribution in [1.29, 1.82) is 0 Å². The Morgan fingerprint density at radius 1 is 1.09 bits per heavy atom. The minimum atomic E-state index is -0.538. The fourth-order valence-electron chi connectivity index (χ4n) is 2.03. The van der Waals surface area contributed by atoms with Crippen molar-refractivity contribution in [2.45, 2.75) is 65.8 Å². The van der Waals surface area contributed by atoms with Gasteiger partial charge in [-0.3, -0.25) is 0 Å². The molecule has 1 heterocycles. The Hall–Kier alpha value is -1.56. The van der Waals surface area contributed by atoms with E-state index < -0.39 is 17.2 Å². The monoisotopic (exact) mass is 327 g/mol. The number of rotatable bonds is 2. The van der Waals surface area contributed by atoms with Crippen molar-refractivity contribution in [3.05, 3.63) is 11.6 Å². The molecule has 1 saturated heterocycles. The Morgan fingerprint density at radius 3 is 2.17 bits per heavy atom. The van der Waals surface area contributed by atoms with Gasteiger partial charge in [-0.2, -0.15) is 0 Å². The zero-order valence-corrected chi connectivity index (χ0v) is 15.3. The third-order valence-electron chi connectivity index (χ3n) is 2.98. The van der Waals surface area contributed by atoms with Crippen molar-refractivity contribution < 1.29 is 23.8 Å². The number of amides is 1. The lowest BCUT2D eigenvalue weighted by molar-refractivity contribution is -0.148. The van der Waals surface area contributed by atoms with Crippen LogP contribution in [-0.4, -0.2) is 54.0 Å². The Bertz CT molecular complexity index is 470. The van der Waals surface area contributed by atoms with Crippen LogP contribution in [0.3, 0.4) is 0 Å². The van der Waals surface area contributed by atoms with Crippen LogP contribution in [0.5, 0.6) is 0 Å².